The zero-order valence-electron chi connectivity index (χ0n) is 15.0. The highest BCUT2D eigenvalue weighted by Gasteiger charge is 2.15. The predicted molar refractivity (Wildman–Crippen MR) is 112 cm³/mol. The molecule has 3 rings (SSSR count). The van der Waals surface area contributed by atoms with Gasteiger partial charge in [0.15, 0.2) is 0 Å². The SMILES string of the molecule is Cc1ccc(-c2ccncc2)cc1NC(=O)CCC1CCNCC1.Cl.Cl. The molecule has 2 heterocycles. The molecule has 0 saturated carbocycles. The second-order valence-electron chi connectivity index (χ2n) is 6.55. The topological polar surface area (TPSA) is 54.0 Å². The Kier molecular flexibility index (Phi) is 9.63. The van der Waals surface area contributed by atoms with Crippen LogP contribution in [0.25, 0.3) is 11.1 Å². The summed E-state index contributed by atoms with van der Waals surface area (Å²) in [4.78, 5) is 16.4. The molecule has 1 aromatic carbocycles. The van der Waals surface area contributed by atoms with Gasteiger partial charge in [-0.1, -0.05) is 12.1 Å². The summed E-state index contributed by atoms with van der Waals surface area (Å²) in [6.45, 7) is 4.19. The summed E-state index contributed by atoms with van der Waals surface area (Å²) in [7, 11) is 0. The van der Waals surface area contributed by atoms with E-state index in [2.05, 4.69) is 27.8 Å². The normalized spacial score (nSPS) is 14.0. The van der Waals surface area contributed by atoms with Crippen molar-refractivity contribution in [3.05, 3.63) is 48.3 Å². The van der Waals surface area contributed by atoms with Gasteiger partial charge in [0.05, 0.1) is 0 Å². The number of aryl methyl sites for hydroxylation is 1. The fourth-order valence-electron chi connectivity index (χ4n) is 3.20. The number of carbonyl (C=O) groups is 1. The molecule has 0 radical (unpaired) electrons. The molecule has 0 unspecified atom stereocenters. The highest BCUT2D eigenvalue weighted by atomic mass is 35.5. The zero-order chi connectivity index (χ0) is 16.8. The van der Waals surface area contributed by atoms with Gasteiger partial charge in [0.2, 0.25) is 5.91 Å². The average Bonchev–Trinajstić information content (AvgIpc) is 2.63. The lowest BCUT2D eigenvalue weighted by Gasteiger charge is -2.22. The van der Waals surface area contributed by atoms with Gasteiger partial charge in [-0.2, -0.15) is 0 Å². The lowest BCUT2D eigenvalue weighted by atomic mass is 9.93. The molecule has 0 atom stereocenters. The Labute approximate surface area is 168 Å². The van der Waals surface area contributed by atoms with Crippen LogP contribution < -0.4 is 10.6 Å². The third kappa shape index (κ3) is 6.27. The van der Waals surface area contributed by atoms with E-state index >= 15 is 0 Å². The molecule has 4 nitrogen and oxygen atoms in total. The van der Waals surface area contributed by atoms with E-state index in [0.29, 0.717) is 12.3 Å². The van der Waals surface area contributed by atoms with Gasteiger partial charge < -0.3 is 10.6 Å². The van der Waals surface area contributed by atoms with Crippen molar-refractivity contribution >= 4 is 36.4 Å². The van der Waals surface area contributed by atoms with Gasteiger partial charge in [-0.25, -0.2) is 0 Å². The van der Waals surface area contributed by atoms with Crippen LogP contribution in [0.2, 0.25) is 0 Å². The fraction of sp³-hybridized carbons (Fsp3) is 0.400. The highest BCUT2D eigenvalue weighted by Crippen LogP contribution is 2.25. The first-order valence-corrected chi connectivity index (χ1v) is 8.74. The number of amides is 1. The number of carbonyl (C=O) groups excluding carboxylic acids is 1. The van der Waals surface area contributed by atoms with E-state index in [1.54, 1.807) is 12.4 Å². The Morgan fingerprint density at radius 2 is 1.81 bits per heavy atom. The van der Waals surface area contributed by atoms with Gasteiger partial charge in [-0.3, -0.25) is 9.78 Å². The quantitative estimate of drug-likeness (QED) is 0.776. The fourth-order valence-corrected chi connectivity index (χ4v) is 3.20. The lowest BCUT2D eigenvalue weighted by Crippen LogP contribution is -2.28. The van der Waals surface area contributed by atoms with Gasteiger partial charge in [0.25, 0.3) is 0 Å². The molecule has 1 saturated heterocycles. The summed E-state index contributed by atoms with van der Waals surface area (Å²) < 4.78 is 0. The Hall–Kier alpha value is -1.62. The largest absolute Gasteiger partial charge is 0.326 e. The van der Waals surface area contributed by atoms with Crippen LogP contribution in [0.5, 0.6) is 0 Å². The van der Waals surface area contributed by atoms with Crippen molar-refractivity contribution in [2.45, 2.75) is 32.6 Å². The summed E-state index contributed by atoms with van der Waals surface area (Å²) in [5.74, 6) is 0.796. The number of rotatable bonds is 5. The number of nitrogens with zero attached hydrogens (tertiary/aromatic N) is 1. The lowest BCUT2D eigenvalue weighted by molar-refractivity contribution is -0.116. The molecule has 1 amide bonds. The van der Waals surface area contributed by atoms with Gasteiger partial charge in [0, 0.05) is 24.5 Å². The number of nitrogens with one attached hydrogen (secondary N) is 2. The molecule has 2 aromatic rings. The van der Waals surface area contributed by atoms with Gasteiger partial charge >= 0.3 is 0 Å². The van der Waals surface area contributed by atoms with Crippen LogP contribution >= 0.6 is 24.8 Å². The maximum absolute atomic E-state index is 12.3. The minimum atomic E-state index is 0. The minimum absolute atomic E-state index is 0. The van der Waals surface area contributed by atoms with E-state index in [0.717, 1.165) is 41.9 Å². The van der Waals surface area contributed by atoms with Crippen LogP contribution in [-0.4, -0.2) is 24.0 Å². The van der Waals surface area contributed by atoms with E-state index in [1.807, 2.05) is 25.1 Å². The first kappa shape index (κ1) is 22.4. The number of hydrogen-bond donors (Lipinski definition) is 2. The van der Waals surface area contributed by atoms with Crippen molar-refractivity contribution in [2.24, 2.45) is 5.92 Å². The molecule has 1 aliphatic rings. The Morgan fingerprint density at radius 1 is 1.12 bits per heavy atom. The molecule has 0 aliphatic carbocycles. The summed E-state index contributed by atoms with van der Waals surface area (Å²) in [6.07, 6.45) is 7.52. The number of pyridine rings is 1. The predicted octanol–water partition coefficient (Wildman–Crippen LogP) is 4.62. The summed E-state index contributed by atoms with van der Waals surface area (Å²) in [5, 5.41) is 6.46. The first-order valence-electron chi connectivity index (χ1n) is 8.74. The van der Waals surface area contributed by atoms with E-state index in [-0.39, 0.29) is 30.7 Å². The van der Waals surface area contributed by atoms with E-state index < -0.39 is 0 Å². The van der Waals surface area contributed by atoms with Crippen LogP contribution in [0.3, 0.4) is 0 Å². The molecule has 142 valence electrons. The minimum Gasteiger partial charge on any atom is -0.326 e. The van der Waals surface area contributed by atoms with Crippen LogP contribution in [-0.2, 0) is 4.79 Å². The van der Waals surface area contributed by atoms with E-state index in [1.165, 1.54) is 12.8 Å². The van der Waals surface area contributed by atoms with Crippen molar-refractivity contribution in [1.82, 2.24) is 10.3 Å². The second kappa shape index (κ2) is 11.2. The molecule has 1 fully saturated rings. The van der Waals surface area contributed by atoms with Crippen molar-refractivity contribution < 1.29 is 4.79 Å². The van der Waals surface area contributed by atoms with Crippen LogP contribution in [0.1, 0.15) is 31.2 Å². The summed E-state index contributed by atoms with van der Waals surface area (Å²) >= 11 is 0. The van der Waals surface area contributed by atoms with Crippen LogP contribution in [0, 0.1) is 12.8 Å². The van der Waals surface area contributed by atoms with Crippen molar-refractivity contribution in [3.63, 3.8) is 0 Å². The second-order valence-corrected chi connectivity index (χ2v) is 6.55. The molecular weight excluding hydrogens is 369 g/mol. The monoisotopic (exact) mass is 395 g/mol. The number of piperidine rings is 1. The van der Waals surface area contributed by atoms with Crippen LogP contribution in [0.15, 0.2) is 42.7 Å². The number of benzene rings is 1. The number of hydrogen-bond acceptors (Lipinski definition) is 3. The number of aromatic nitrogens is 1. The smallest absolute Gasteiger partial charge is 0.224 e. The molecule has 1 aromatic heterocycles. The molecule has 0 spiro atoms. The van der Waals surface area contributed by atoms with Crippen molar-refractivity contribution in [3.8, 4) is 11.1 Å². The highest BCUT2D eigenvalue weighted by molar-refractivity contribution is 5.92. The van der Waals surface area contributed by atoms with E-state index in [9.17, 15) is 4.79 Å². The zero-order valence-corrected chi connectivity index (χ0v) is 16.7. The van der Waals surface area contributed by atoms with Crippen molar-refractivity contribution in [1.29, 1.82) is 0 Å². The maximum Gasteiger partial charge on any atom is 0.224 e. The number of halogens is 2. The van der Waals surface area contributed by atoms with Gasteiger partial charge in [0.1, 0.15) is 0 Å². The summed E-state index contributed by atoms with van der Waals surface area (Å²) in [5.41, 5.74) is 4.19. The first-order chi connectivity index (χ1) is 11.7. The standard InChI is InChI=1S/C20H25N3O.2ClH/c1-15-2-4-18(17-8-12-22-13-9-17)14-19(15)23-20(24)5-3-16-6-10-21-11-7-16;;/h2,4,8-9,12-14,16,21H,3,5-7,10-11H2,1H3,(H,23,24);2*1H. The maximum atomic E-state index is 12.3. The molecule has 26 heavy (non-hydrogen) atoms. The van der Waals surface area contributed by atoms with Gasteiger partial charge in [-0.05, 0) is 80.1 Å². The summed E-state index contributed by atoms with van der Waals surface area (Å²) in [6, 6.07) is 10.1. The Bertz CT molecular complexity index is 689. The van der Waals surface area contributed by atoms with Crippen LogP contribution in [0.4, 0.5) is 5.69 Å². The average molecular weight is 396 g/mol. The third-order valence-electron chi connectivity index (χ3n) is 4.76. The van der Waals surface area contributed by atoms with E-state index in [4.69, 9.17) is 0 Å². The molecule has 0 bridgehead atoms. The molecule has 2 N–H and O–H groups in total. The van der Waals surface area contributed by atoms with Crippen molar-refractivity contribution in [2.75, 3.05) is 18.4 Å². The number of anilines is 1. The molecule has 6 heteroatoms. The third-order valence-corrected chi connectivity index (χ3v) is 4.76. The molecule has 1 aliphatic heterocycles. The Balaban J connectivity index is 0.00000169. The Morgan fingerprint density at radius 3 is 2.50 bits per heavy atom. The molecular formula is C20H27Cl2N3O. The van der Waals surface area contributed by atoms with Gasteiger partial charge in [-0.15, -0.1) is 24.8 Å².